The molecule has 2 rings (SSSR count). The first-order chi connectivity index (χ1) is 8.15. The topological polar surface area (TPSA) is 35.6 Å². The molecule has 0 aromatic rings. The van der Waals surface area contributed by atoms with E-state index in [0.29, 0.717) is 6.42 Å². The molecule has 4 heteroatoms. The van der Waals surface area contributed by atoms with Crippen LogP contribution in [-0.4, -0.2) is 61.5 Å². The first-order valence-corrected chi connectivity index (χ1v) is 6.83. The lowest BCUT2D eigenvalue weighted by Gasteiger charge is -2.32. The van der Waals surface area contributed by atoms with Crippen LogP contribution in [-0.2, 0) is 4.79 Å². The van der Waals surface area contributed by atoms with E-state index in [4.69, 9.17) is 0 Å². The number of carbonyl (C=O) groups is 1. The molecular weight excluding hydrogens is 214 g/mol. The third-order valence-electron chi connectivity index (χ3n) is 3.78. The summed E-state index contributed by atoms with van der Waals surface area (Å²) in [6, 6.07) is 1.55. The highest BCUT2D eigenvalue weighted by Crippen LogP contribution is 2.22. The van der Waals surface area contributed by atoms with Crippen molar-refractivity contribution in [3.8, 4) is 0 Å². The Morgan fingerprint density at radius 3 is 2.29 bits per heavy atom. The van der Waals surface area contributed by atoms with Crippen molar-refractivity contribution in [2.45, 2.75) is 44.2 Å². The number of likely N-dealkylation sites (tertiary alicyclic amines) is 1. The number of amides is 1. The Morgan fingerprint density at radius 2 is 1.76 bits per heavy atom. The smallest absolute Gasteiger partial charge is 0.223 e. The molecule has 0 radical (unpaired) electrons. The number of carbonyl (C=O) groups excluding carboxylic acids is 1. The van der Waals surface area contributed by atoms with Crippen LogP contribution in [0.15, 0.2) is 0 Å². The van der Waals surface area contributed by atoms with Crippen LogP contribution < -0.4 is 5.32 Å². The highest BCUT2D eigenvalue weighted by molar-refractivity contribution is 5.75. The Kier molecular flexibility index (Phi) is 4.40. The molecule has 17 heavy (non-hydrogen) atoms. The Bertz CT molecular complexity index is 255. The van der Waals surface area contributed by atoms with Crippen LogP contribution >= 0.6 is 0 Å². The highest BCUT2D eigenvalue weighted by Gasteiger charge is 2.27. The van der Waals surface area contributed by atoms with Crippen LogP contribution in [0.2, 0.25) is 0 Å². The summed E-state index contributed by atoms with van der Waals surface area (Å²) in [5.74, 6) is 0.239. The Balaban J connectivity index is 1.59. The lowest BCUT2D eigenvalue weighted by atomic mass is 10.0. The second-order valence-electron chi connectivity index (χ2n) is 5.60. The summed E-state index contributed by atoms with van der Waals surface area (Å²) >= 11 is 0. The van der Waals surface area contributed by atoms with Crippen molar-refractivity contribution in [3.05, 3.63) is 0 Å². The molecule has 1 saturated carbocycles. The molecule has 2 fully saturated rings. The summed E-state index contributed by atoms with van der Waals surface area (Å²) in [4.78, 5) is 15.6. The maximum atomic E-state index is 11.5. The standard InChI is InChI=1S/C13H25N3O/c1-15(2)13(17)7-10-16-8-5-12(6-9-16)14-11-3-4-11/h11-12,14H,3-10H2,1-2H3. The summed E-state index contributed by atoms with van der Waals surface area (Å²) in [5, 5.41) is 3.69. The molecule has 0 spiro atoms. The van der Waals surface area contributed by atoms with Gasteiger partial charge in [-0.05, 0) is 38.8 Å². The van der Waals surface area contributed by atoms with Crippen molar-refractivity contribution < 1.29 is 4.79 Å². The number of nitrogens with zero attached hydrogens (tertiary/aromatic N) is 2. The monoisotopic (exact) mass is 239 g/mol. The number of hydrogen-bond donors (Lipinski definition) is 1. The number of rotatable bonds is 5. The third kappa shape index (κ3) is 4.28. The van der Waals surface area contributed by atoms with Gasteiger partial charge in [-0.25, -0.2) is 0 Å². The van der Waals surface area contributed by atoms with Crippen molar-refractivity contribution in [2.75, 3.05) is 33.7 Å². The molecule has 1 N–H and O–H groups in total. The van der Waals surface area contributed by atoms with Crippen LogP contribution in [0.5, 0.6) is 0 Å². The summed E-state index contributed by atoms with van der Waals surface area (Å²) < 4.78 is 0. The van der Waals surface area contributed by atoms with Crippen molar-refractivity contribution in [3.63, 3.8) is 0 Å². The van der Waals surface area contributed by atoms with Gasteiger partial charge < -0.3 is 15.1 Å². The SMILES string of the molecule is CN(C)C(=O)CCN1CCC(NC2CC2)CC1. The maximum Gasteiger partial charge on any atom is 0.223 e. The van der Waals surface area contributed by atoms with Gasteiger partial charge in [0.25, 0.3) is 0 Å². The zero-order valence-corrected chi connectivity index (χ0v) is 11.1. The minimum Gasteiger partial charge on any atom is -0.349 e. The molecule has 0 unspecified atom stereocenters. The summed E-state index contributed by atoms with van der Waals surface area (Å²) in [6.45, 7) is 3.21. The first-order valence-electron chi connectivity index (χ1n) is 6.83. The van der Waals surface area contributed by atoms with Crippen LogP contribution in [0.25, 0.3) is 0 Å². The maximum absolute atomic E-state index is 11.5. The quantitative estimate of drug-likeness (QED) is 0.766. The highest BCUT2D eigenvalue weighted by atomic mass is 16.2. The van der Waals surface area contributed by atoms with Gasteiger partial charge >= 0.3 is 0 Å². The van der Waals surface area contributed by atoms with Gasteiger partial charge in [-0.3, -0.25) is 4.79 Å². The minimum absolute atomic E-state index is 0.239. The second kappa shape index (κ2) is 5.83. The molecule has 2 aliphatic rings. The fourth-order valence-corrected chi connectivity index (χ4v) is 2.38. The first kappa shape index (κ1) is 12.8. The molecule has 0 aromatic heterocycles. The van der Waals surface area contributed by atoms with Crippen molar-refractivity contribution in [1.29, 1.82) is 0 Å². The van der Waals surface area contributed by atoms with E-state index in [2.05, 4.69) is 10.2 Å². The molecule has 0 bridgehead atoms. The Hall–Kier alpha value is -0.610. The predicted octanol–water partition coefficient (Wildman–Crippen LogP) is 0.681. The Morgan fingerprint density at radius 1 is 1.18 bits per heavy atom. The van der Waals surface area contributed by atoms with E-state index in [1.807, 2.05) is 14.1 Å². The molecule has 1 saturated heterocycles. The van der Waals surface area contributed by atoms with Crippen LogP contribution in [0.1, 0.15) is 32.1 Å². The van der Waals surface area contributed by atoms with Gasteiger partial charge in [-0.2, -0.15) is 0 Å². The Labute approximate surface area is 104 Å². The third-order valence-corrected chi connectivity index (χ3v) is 3.78. The van der Waals surface area contributed by atoms with Gasteiger partial charge in [-0.15, -0.1) is 0 Å². The van der Waals surface area contributed by atoms with Gasteiger partial charge in [0.2, 0.25) is 5.91 Å². The molecule has 98 valence electrons. The van der Waals surface area contributed by atoms with E-state index in [1.54, 1.807) is 4.90 Å². The van der Waals surface area contributed by atoms with E-state index < -0.39 is 0 Å². The molecule has 1 aliphatic carbocycles. The van der Waals surface area contributed by atoms with Crippen LogP contribution in [0.3, 0.4) is 0 Å². The molecular formula is C13H25N3O. The molecule has 0 aromatic carbocycles. The van der Waals surface area contributed by atoms with E-state index in [9.17, 15) is 4.79 Å². The molecule has 4 nitrogen and oxygen atoms in total. The van der Waals surface area contributed by atoms with E-state index in [-0.39, 0.29) is 5.91 Å². The minimum atomic E-state index is 0.239. The van der Waals surface area contributed by atoms with E-state index in [1.165, 1.54) is 25.7 Å². The van der Waals surface area contributed by atoms with Crippen LogP contribution in [0.4, 0.5) is 0 Å². The predicted molar refractivity (Wildman–Crippen MR) is 68.9 cm³/mol. The second-order valence-corrected chi connectivity index (χ2v) is 5.60. The van der Waals surface area contributed by atoms with Gasteiger partial charge in [0, 0.05) is 39.1 Å². The molecule has 1 amide bonds. The zero-order valence-electron chi connectivity index (χ0n) is 11.1. The van der Waals surface area contributed by atoms with Crippen molar-refractivity contribution >= 4 is 5.91 Å². The van der Waals surface area contributed by atoms with E-state index in [0.717, 1.165) is 31.7 Å². The normalized spacial score (nSPS) is 22.7. The van der Waals surface area contributed by atoms with Gasteiger partial charge in [0.15, 0.2) is 0 Å². The average Bonchev–Trinajstić information content (AvgIpc) is 3.11. The molecule has 1 heterocycles. The summed E-state index contributed by atoms with van der Waals surface area (Å²) in [6.07, 6.45) is 5.89. The number of piperidine rings is 1. The summed E-state index contributed by atoms with van der Waals surface area (Å²) in [5.41, 5.74) is 0. The fraction of sp³-hybridized carbons (Fsp3) is 0.923. The van der Waals surface area contributed by atoms with Gasteiger partial charge in [0.05, 0.1) is 0 Å². The summed E-state index contributed by atoms with van der Waals surface area (Å²) in [7, 11) is 3.66. The average molecular weight is 239 g/mol. The lowest BCUT2D eigenvalue weighted by Crippen LogP contribution is -2.44. The fourth-order valence-electron chi connectivity index (χ4n) is 2.38. The van der Waals surface area contributed by atoms with E-state index >= 15 is 0 Å². The van der Waals surface area contributed by atoms with Crippen LogP contribution in [0, 0.1) is 0 Å². The largest absolute Gasteiger partial charge is 0.349 e. The number of hydrogen-bond acceptors (Lipinski definition) is 3. The van der Waals surface area contributed by atoms with Gasteiger partial charge in [-0.1, -0.05) is 0 Å². The lowest BCUT2D eigenvalue weighted by molar-refractivity contribution is -0.129. The molecule has 1 aliphatic heterocycles. The van der Waals surface area contributed by atoms with Gasteiger partial charge in [0.1, 0.15) is 0 Å². The van der Waals surface area contributed by atoms with Crippen molar-refractivity contribution in [1.82, 2.24) is 15.1 Å². The molecule has 0 atom stereocenters. The zero-order chi connectivity index (χ0) is 12.3. The van der Waals surface area contributed by atoms with Crippen molar-refractivity contribution in [2.24, 2.45) is 0 Å². The number of nitrogens with one attached hydrogen (secondary N) is 1.